The average Bonchev–Trinajstić information content (AvgIpc) is 2.59. The van der Waals surface area contributed by atoms with Gasteiger partial charge in [0.15, 0.2) is 0 Å². The first kappa shape index (κ1) is 11.8. The molecule has 1 aliphatic rings. The lowest BCUT2D eigenvalue weighted by Crippen LogP contribution is -2.30. The van der Waals surface area contributed by atoms with E-state index in [-0.39, 0.29) is 19.0 Å². The Kier molecular flexibility index (Phi) is 3.46. The van der Waals surface area contributed by atoms with Gasteiger partial charge in [-0.05, 0) is 34.7 Å². The van der Waals surface area contributed by atoms with Crippen molar-refractivity contribution >= 4 is 28.5 Å². The van der Waals surface area contributed by atoms with E-state index in [1.807, 2.05) is 12.1 Å². The van der Waals surface area contributed by atoms with E-state index in [0.29, 0.717) is 5.56 Å². The first-order valence-electron chi connectivity index (χ1n) is 4.99. The van der Waals surface area contributed by atoms with Crippen LogP contribution in [0.1, 0.15) is 10.4 Å². The fraction of sp³-hybridized carbons (Fsp3) is 0.364. The summed E-state index contributed by atoms with van der Waals surface area (Å²) >= 11 is 2.10. The Morgan fingerprint density at radius 2 is 1.81 bits per heavy atom. The Morgan fingerprint density at radius 3 is 2.38 bits per heavy atom. The zero-order valence-electron chi connectivity index (χ0n) is 8.51. The predicted molar refractivity (Wildman–Crippen MR) is 67.1 cm³/mol. The fourth-order valence-corrected chi connectivity index (χ4v) is 2.36. The first-order chi connectivity index (χ1) is 7.59. The molecule has 0 bridgehead atoms. The van der Waals surface area contributed by atoms with Crippen LogP contribution >= 0.6 is 22.6 Å². The van der Waals surface area contributed by atoms with Crippen molar-refractivity contribution in [2.45, 2.75) is 12.2 Å². The number of hydrogen-bond acceptors (Lipinski definition) is 3. The van der Waals surface area contributed by atoms with Gasteiger partial charge >= 0.3 is 0 Å². The van der Waals surface area contributed by atoms with Crippen LogP contribution in [0.25, 0.3) is 0 Å². The number of rotatable bonds is 1. The molecule has 86 valence electrons. The molecule has 1 aromatic rings. The molecule has 5 heteroatoms. The molecule has 0 aliphatic carbocycles. The molecular weight excluding hydrogens is 321 g/mol. The number of hydrogen-bond donors (Lipinski definition) is 2. The third-order valence-electron chi connectivity index (χ3n) is 2.65. The highest BCUT2D eigenvalue weighted by atomic mass is 127. The van der Waals surface area contributed by atoms with E-state index in [0.717, 1.165) is 3.57 Å². The minimum absolute atomic E-state index is 0.138. The predicted octanol–water partition coefficient (Wildman–Crippen LogP) is 0.469. The molecule has 1 saturated heterocycles. The smallest absolute Gasteiger partial charge is 0.255 e. The molecule has 0 saturated carbocycles. The maximum atomic E-state index is 12.1. The van der Waals surface area contributed by atoms with Gasteiger partial charge in [0.2, 0.25) is 0 Å². The van der Waals surface area contributed by atoms with Gasteiger partial charge in [0, 0.05) is 16.7 Å². The lowest BCUT2D eigenvalue weighted by molar-refractivity contribution is 0.0572. The summed E-state index contributed by atoms with van der Waals surface area (Å²) in [5.74, 6) is -0.138. The first-order valence-corrected chi connectivity index (χ1v) is 6.07. The molecule has 1 fully saturated rings. The number of nitrogens with zero attached hydrogens (tertiary/aromatic N) is 1. The molecule has 1 amide bonds. The zero-order valence-corrected chi connectivity index (χ0v) is 10.7. The van der Waals surface area contributed by atoms with Gasteiger partial charge in [-0.15, -0.1) is 0 Å². The number of likely N-dealkylation sites (tertiary alicyclic amines) is 1. The summed E-state index contributed by atoms with van der Waals surface area (Å²) in [6.45, 7) is 0.399. The van der Waals surface area contributed by atoms with Crippen molar-refractivity contribution in [1.82, 2.24) is 4.90 Å². The molecule has 1 heterocycles. The van der Waals surface area contributed by atoms with Crippen LogP contribution < -0.4 is 0 Å². The molecule has 16 heavy (non-hydrogen) atoms. The number of halogens is 1. The van der Waals surface area contributed by atoms with Gasteiger partial charge in [0.05, 0.1) is 17.8 Å². The molecule has 0 aromatic heterocycles. The van der Waals surface area contributed by atoms with Crippen LogP contribution in [0.3, 0.4) is 0 Å². The van der Waals surface area contributed by atoms with E-state index in [1.165, 1.54) is 4.90 Å². The summed E-state index contributed by atoms with van der Waals surface area (Å²) in [4.78, 5) is 13.5. The van der Waals surface area contributed by atoms with Gasteiger partial charge in [-0.2, -0.15) is 0 Å². The quantitative estimate of drug-likeness (QED) is 0.735. The molecular formula is C11H12INO3. The maximum absolute atomic E-state index is 12.1. The monoisotopic (exact) mass is 333 g/mol. The van der Waals surface area contributed by atoms with Crippen molar-refractivity contribution in [1.29, 1.82) is 0 Å². The summed E-state index contributed by atoms with van der Waals surface area (Å²) in [5.41, 5.74) is 0.615. The lowest BCUT2D eigenvalue weighted by atomic mass is 10.2. The summed E-state index contributed by atoms with van der Waals surface area (Å²) in [6.07, 6.45) is -1.66. The van der Waals surface area contributed by atoms with Crippen molar-refractivity contribution in [3.8, 4) is 0 Å². The molecule has 1 aliphatic heterocycles. The van der Waals surface area contributed by atoms with E-state index in [1.54, 1.807) is 12.1 Å². The summed E-state index contributed by atoms with van der Waals surface area (Å²) < 4.78 is 0.876. The third kappa shape index (κ3) is 2.21. The maximum Gasteiger partial charge on any atom is 0.255 e. The van der Waals surface area contributed by atoms with Gasteiger partial charge in [0.25, 0.3) is 5.91 Å². The van der Waals surface area contributed by atoms with Gasteiger partial charge in [-0.3, -0.25) is 4.79 Å². The van der Waals surface area contributed by atoms with Gasteiger partial charge in [-0.1, -0.05) is 12.1 Å². The van der Waals surface area contributed by atoms with Crippen molar-refractivity contribution in [2.24, 2.45) is 0 Å². The summed E-state index contributed by atoms with van der Waals surface area (Å²) in [6, 6.07) is 7.28. The van der Waals surface area contributed by atoms with Crippen LogP contribution in [-0.2, 0) is 0 Å². The molecule has 2 rings (SSSR count). The van der Waals surface area contributed by atoms with Crippen LogP contribution in [0.4, 0.5) is 0 Å². The van der Waals surface area contributed by atoms with Gasteiger partial charge in [-0.25, -0.2) is 0 Å². The summed E-state index contributed by atoms with van der Waals surface area (Å²) in [5, 5.41) is 18.8. The second-order valence-corrected chi connectivity index (χ2v) is 4.99. The van der Waals surface area contributed by atoms with E-state index in [9.17, 15) is 15.0 Å². The molecule has 4 nitrogen and oxygen atoms in total. The van der Waals surface area contributed by atoms with Crippen LogP contribution in [0, 0.1) is 3.57 Å². The van der Waals surface area contributed by atoms with E-state index >= 15 is 0 Å². The lowest BCUT2D eigenvalue weighted by Gasteiger charge is -2.16. The van der Waals surface area contributed by atoms with Crippen molar-refractivity contribution < 1.29 is 15.0 Å². The highest BCUT2D eigenvalue weighted by molar-refractivity contribution is 14.1. The average molecular weight is 333 g/mol. The fourth-order valence-electron chi connectivity index (χ4n) is 1.74. The second kappa shape index (κ2) is 4.68. The molecule has 0 unspecified atom stereocenters. The van der Waals surface area contributed by atoms with Crippen molar-refractivity contribution in [2.75, 3.05) is 13.1 Å². The van der Waals surface area contributed by atoms with Crippen LogP contribution in [0.15, 0.2) is 24.3 Å². The highest BCUT2D eigenvalue weighted by Gasteiger charge is 2.33. The molecule has 1 aromatic carbocycles. The molecule has 0 spiro atoms. The number of carbonyl (C=O) groups excluding carboxylic acids is 1. The Balaban J connectivity index is 2.18. The zero-order chi connectivity index (χ0) is 11.7. The Bertz CT molecular complexity index is 400. The Hall–Kier alpha value is -0.660. The summed E-state index contributed by atoms with van der Waals surface area (Å²) in [7, 11) is 0. The molecule has 0 radical (unpaired) electrons. The number of aliphatic hydroxyl groups is 2. The van der Waals surface area contributed by atoms with Crippen LogP contribution in [0.2, 0.25) is 0 Å². The Morgan fingerprint density at radius 1 is 1.25 bits per heavy atom. The topological polar surface area (TPSA) is 60.8 Å². The van der Waals surface area contributed by atoms with Crippen molar-refractivity contribution in [3.63, 3.8) is 0 Å². The molecule has 2 N–H and O–H groups in total. The van der Waals surface area contributed by atoms with Crippen molar-refractivity contribution in [3.05, 3.63) is 33.4 Å². The Labute approximate surface area is 107 Å². The van der Waals surface area contributed by atoms with Gasteiger partial charge < -0.3 is 15.1 Å². The van der Waals surface area contributed by atoms with E-state index in [4.69, 9.17) is 0 Å². The number of carbonyl (C=O) groups is 1. The van der Waals surface area contributed by atoms with E-state index in [2.05, 4.69) is 22.6 Å². The van der Waals surface area contributed by atoms with Gasteiger partial charge in [0.1, 0.15) is 0 Å². The normalized spacial score (nSPS) is 24.8. The standard InChI is InChI=1S/C11H12INO3/c12-8-4-2-1-3-7(8)11(16)13-5-9(14)10(15)6-13/h1-4,9-10,14-15H,5-6H2/t9-,10+. The number of aliphatic hydroxyl groups excluding tert-OH is 2. The van der Waals surface area contributed by atoms with E-state index < -0.39 is 12.2 Å². The largest absolute Gasteiger partial charge is 0.388 e. The second-order valence-electron chi connectivity index (χ2n) is 3.82. The minimum atomic E-state index is -0.828. The number of benzene rings is 1. The number of β-amino-alcohol motifs (C(OH)–C–C–N with tert-alkyl or cyclic N) is 2. The number of amides is 1. The van der Waals surface area contributed by atoms with Crippen LogP contribution in [0.5, 0.6) is 0 Å². The van der Waals surface area contributed by atoms with Crippen LogP contribution in [-0.4, -0.2) is 46.3 Å². The highest BCUT2D eigenvalue weighted by Crippen LogP contribution is 2.18. The third-order valence-corrected chi connectivity index (χ3v) is 3.59. The minimum Gasteiger partial charge on any atom is -0.388 e. The SMILES string of the molecule is O=C(c1ccccc1I)N1C[C@@H](O)[C@@H](O)C1. The molecule has 2 atom stereocenters.